The van der Waals surface area contributed by atoms with Crippen molar-refractivity contribution in [1.82, 2.24) is 4.98 Å². The second kappa shape index (κ2) is 9.71. The molecule has 32 heavy (non-hydrogen) atoms. The molecule has 1 aromatic heterocycles. The van der Waals surface area contributed by atoms with Crippen LogP contribution in [0.1, 0.15) is 34.9 Å². The van der Waals surface area contributed by atoms with Crippen LogP contribution in [0.4, 0.5) is 0 Å². The van der Waals surface area contributed by atoms with Gasteiger partial charge in [-0.1, -0.05) is 48.0 Å². The van der Waals surface area contributed by atoms with Gasteiger partial charge in [0.1, 0.15) is 18.6 Å². The van der Waals surface area contributed by atoms with Crippen molar-refractivity contribution in [1.29, 1.82) is 0 Å². The number of hydrogen-bond donors (Lipinski definition) is 1. The van der Waals surface area contributed by atoms with Gasteiger partial charge in [0, 0.05) is 5.02 Å². The number of aliphatic carboxylic acids is 1. The Morgan fingerprint density at radius 3 is 2.62 bits per heavy atom. The van der Waals surface area contributed by atoms with Crippen LogP contribution in [0.15, 0.2) is 83.6 Å². The van der Waals surface area contributed by atoms with E-state index in [2.05, 4.69) is 17.1 Å². The van der Waals surface area contributed by atoms with Crippen molar-refractivity contribution in [3.8, 4) is 16.9 Å². The first-order valence-electron chi connectivity index (χ1n) is 10.2. The highest BCUT2D eigenvalue weighted by molar-refractivity contribution is 6.30. The number of carboxylic acid groups (broad SMARTS) is 1. The van der Waals surface area contributed by atoms with Crippen LogP contribution in [-0.2, 0) is 11.4 Å². The maximum absolute atomic E-state index is 11.3. The van der Waals surface area contributed by atoms with E-state index in [1.807, 2.05) is 61.5 Å². The average molecular weight is 448 g/mol. The third kappa shape index (κ3) is 5.18. The zero-order valence-electron chi connectivity index (χ0n) is 17.5. The van der Waals surface area contributed by atoms with E-state index in [9.17, 15) is 9.90 Å². The molecule has 0 aliphatic rings. The van der Waals surface area contributed by atoms with Gasteiger partial charge in [-0.3, -0.25) is 4.79 Å². The predicted octanol–water partition coefficient (Wildman–Crippen LogP) is 6.49. The van der Waals surface area contributed by atoms with Crippen molar-refractivity contribution in [2.24, 2.45) is 0 Å². The van der Waals surface area contributed by atoms with E-state index < -0.39 is 11.9 Å². The van der Waals surface area contributed by atoms with Crippen LogP contribution in [0.3, 0.4) is 0 Å². The molecule has 0 spiro atoms. The molecule has 162 valence electrons. The molecule has 0 bridgehead atoms. The summed E-state index contributed by atoms with van der Waals surface area (Å²) < 4.78 is 11.3. The Morgan fingerprint density at radius 2 is 1.94 bits per heavy atom. The predicted molar refractivity (Wildman–Crippen MR) is 123 cm³/mol. The second-order valence-corrected chi connectivity index (χ2v) is 7.97. The zero-order chi connectivity index (χ0) is 22.5. The van der Waals surface area contributed by atoms with E-state index in [1.165, 1.54) is 12.5 Å². The molecule has 3 aromatic carbocycles. The van der Waals surface area contributed by atoms with Crippen molar-refractivity contribution in [3.63, 3.8) is 0 Å². The summed E-state index contributed by atoms with van der Waals surface area (Å²) in [6.07, 6.45) is 2.86. The molecule has 0 fully saturated rings. The van der Waals surface area contributed by atoms with Crippen LogP contribution >= 0.6 is 11.6 Å². The van der Waals surface area contributed by atoms with E-state index in [4.69, 9.17) is 20.8 Å². The number of halogens is 1. The van der Waals surface area contributed by atoms with Gasteiger partial charge in [0.15, 0.2) is 0 Å². The van der Waals surface area contributed by atoms with Crippen molar-refractivity contribution >= 4 is 17.6 Å². The molecule has 6 heteroatoms. The summed E-state index contributed by atoms with van der Waals surface area (Å²) in [6, 6.07) is 21.4. The molecule has 0 unspecified atom stereocenters. The molecule has 4 aromatic rings. The lowest BCUT2D eigenvalue weighted by atomic mass is 9.95. The monoisotopic (exact) mass is 447 g/mol. The van der Waals surface area contributed by atoms with Gasteiger partial charge in [-0.15, -0.1) is 0 Å². The van der Waals surface area contributed by atoms with E-state index in [0.29, 0.717) is 18.2 Å². The summed E-state index contributed by atoms with van der Waals surface area (Å²) in [5.41, 5.74) is 5.22. The minimum atomic E-state index is -0.913. The van der Waals surface area contributed by atoms with Gasteiger partial charge in [0.05, 0.1) is 18.5 Å². The van der Waals surface area contributed by atoms with Gasteiger partial charge in [-0.25, -0.2) is 4.98 Å². The highest BCUT2D eigenvalue weighted by atomic mass is 35.5. The van der Waals surface area contributed by atoms with Crippen molar-refractivity contribution < 1.29 is 19.1 Å². The van der Waals surface area contributed by atoms with E-state index in [0.717, 1.165) is 32.8 Å². The van der Waals surface area contributed by atoms with Gasteiger partial charge in [0.25, 0.3) is 0 Å². The quantitative estimate of drug-likeness (QED) is 0.334. The summed E-state index contributed by atoms with van der Waals surface area (Å²) in [5.74, 6) is -0.279. The molecule has 1 N–H and O–H groups in total. The zero-order valence-corrected chi connectivity index (χ0v) is 18.3. The molecule has 0 radical (unpaired) electrons. The Morgan fingerprint density at radius 1 is 1.12 bits per heavy atom. The van der Waals surface area contributed by atoms with Crippen LogP contribution in [0.2, 0.25) is 5.02 Å². The largest absolute Gasteiger partial charge is 0.489 e. The smallest absolute Gasteiger partial charge is 0.304 e. The number of hydrogen-bond acceptors (Lipinski definition) is 4. The Labute approximate surface area is 191 Å². The number of rotatable bonds is 8. The second-order valence-electron chi connectivity index (χ2n) is 7.54. The topological polar surface area (TPSA) is 72.6 Å². The van der Waals surface area contributed by atoms with Crippen LogP contribution < -0.4 is 4.74 Å². The fourth-order valence-electron chi connectivity index (χ4n) is 3.67. The van der Waals surface area contributed by atoms with Crippen molar-refractivity contribution in [2.75, 3.05) is 0 Å². The fourth-order valence-corrected chi connectivity index (χ4v) is 3.90. The SMILES string of the molecule is Cc1cc(Cl)ccc1-c1cccc(COc2ccc([C@H](CC(=O)O)c3ncco3)cc2)c1. The van der Waals surface area contributed by atoms with Gasteiger partial charge >= 0.3 is 5.97 Å². The van der Waals surface area contributed by atoms with Gasteiger partial charge in [0.2, 0.25) is 5.89 Å². The minimum absolute atomic E-state index is 0.0996. The average Bonchev–Trinajstić information content (AvgIpc) is 3.31. The minimum Gasteiger partial charge on any atom is -0.489 e. The lowest BCUT2D eigenvalue weighted by Gasteiger charge is -2.13. The number of oxazole rings is 1. The highest BCUT2D eigenvalue weighted by Crippen LogP contribution is 2.29. The van der Waals surface area contributed by atoms with E-state index >= 15 is 0 Å². The maximum atomic E-state index is 11.3. The number of carboxylic acids is 1. The third-order valence-electron chi connectivity index (χ3n) is 5.24. The summed E-state index contributed by atoms with van der Waals surface area (Å²) in [5, 5.41) is 9.97. The van der Waals surface area contributed by atoms with Crippen LogP contribution in [0.5, 0.6) is 5.75 Å². The molecule has 4 rings (SSSR count). The van der Waals surface area contributed by atoms with Gasteiger partial charge < -0.3 is 14.3 Å². The molecule has 0 aliphatic heterocycles. The van der Waals surface area contributed by atoms with Crippen molar-refractivity contribution in [3.05, 3.63) is 107 Å². The molecule has 0 aliphatic carbocycles. The summed E-state index contributed by atoms with van der Waals surface area (Å²) in [6.45, 7) is 2.46. The molecule has 0 saturated heterocycles. The number of aromatic nitrogens is 1. The molecular weight excluding hydrogens is 426 g/mol. The fraction of sp³-hybridized carbons (Fsp3) is 0.154. The molecule has 0 saturated carbocycles. The van der Waals surface area contributed by atoms with Crippen LogP contribution in [0.25, 0.3) is 11.1 Å². The van der Waals surface area contributed by atoms with Gasteiger partial charge in [-0.2, -0.15) is 0 Å². The number of carbonyl (C=O) groups is 1. The van der Waals surface area contributed by atoms with Gasteiger partial charge in [-0.05, 0) is 65.1 Å². The Kier molecular flexibility index (Phi) is 6.57. The number of nitrogens with zero attached hydrogens (tertiary/aromatic N) is 1. The molecule has 0 amide bonds. The molecule has 1 atom stereocenters. The van der Waals surface area contributed by atoms with E-state index in [-0.39, 0.29) is 6.42 Å². The molecular formula is C26H22ClNO4. The third-order valence-corrected chi connectivity index (χ3v) is 5.48. The summed E-state index contributed by atoms with van der Waals surface area (Å²) >= 11 is 6.08. The number of benzene rings is 3. The summed E-state index contributed by atoms with van der Waals surface area (Å²) in [7, 11) is 0. The Bertz CT molecular complexity index is 1200. The molecule has 5 nitrogen and oxygen atoms in total. The standard InChI is InChI=1S/C26H22ClNO4/c1-17-13-21(27)7-10-23(17)20-4-2-3-18(14-20)16-32-22-8-5-19(6-9-22)24(15-25(29)30)26-28-11-12-31-26/h2-14,24H,15-16H2,1H3,(H,29,30)/t24-/m0/s1. The van der Waals surface area contributed by atoms with E-state index in [1.54, 1.807) is 0 Å². The van der Waals surface area contributed by atoms with Crippen LogP contribution in [0, 0.1) is 6.92 Å². The first kappa shape index (κ1) is 21.7. The lowest BCUT2D eigenvalue weighted by Crippen LogP contribution is -2.08. The first-order valence-corrected chi connectivity index (χ1v) is 10.6. The normalized spacial score (nSPS) is 11.8. The number of aryl methyl sites for hydroxylation is 1. The highest BCUT2D eigenvalue weighted by Gasteiger charge is 2.22. The lowest BCUT2D eigenvalue weighted by molar-refractivity contribution is -0.137. The maximum Gasteiger partial charge on any atom is 0.304 e. The number of ether oxygens (including phenoxy) is 1. The Balaban J connectivity index is 1.46. The van der Waals surface area contributed by atoms with Crippen LogP contribution in [-0.4, -0.2) is 16.1 Å². The first-order chi connectivity index (χ1) is 15.5. The molecule has 1 heterocycles. The summed E-state index contributed by atoms with van der Waals surface area (Å²) in [4.78, 5) is 15.4. The van der Waals surface area contributed by atoms with Crippen molar-refractivity contribution in [2.45, 2.75) is 25.9 Å². The Hall–Kier alpha value is -3.57.